The fourth-order valence-corrected chi connectivity index (χ4v) is 6.09. The second-order valence-electron chi connectivity index (χ2n) is 9.75. The Morgan fingerprint density at radius 1 is 1.11 bits per heavy atom. The lowest BCUT2D eigenvalue weighted by Crippen LogP contribution is -2.55. The predicted molar refractivity (Wildman–Crippen MR) is 136 cm³/mol. The number of fused-ring (bicyclic) bond motifs is 5. The SMILES string of the molecule is COC(=O)[C@@H]1Cc2c([nH]c3ccccc23)[C@H]2C[C@H](NCc3cccnc3)C[C@@H](c3ccc(F)cc3)N21. The number of para-hydroxylation sites is 1. The monoisotopic (exact) mass is 484 g/mol. The van der Waals surface area contributed by atoms with Gasteiger partial charge in [0.05, 0.1) is 13.2 Å². The molecule has 4 heterocycles. The van der Waals surface area contributed by atoms with Crippen LogP contribution in [0.3, 0.4) is 0 Å². The summed E-state index contributed by atoms with van der Waals surface area (Å²) in [5.74, 6) is -0.497. The molecule has 0 aliphatic carbocycles. The maximum Gasteiger partial charge on any atom is 0.323 e. The minimum atomic E-state index is -0.416. The van der Waals surface area contributed by atoms with Crippen LogP contribution in [-0.4, -0.2) is 40.0 Å². The van der Waals surface area contributed by atoms with Crippen molar-refractivity contribution in [1.29, 1.82) is 0 Å². The highest BCUT2D eigenvalue weighted by molar-refractivity contribution is 5.87. The van der Waals surface area contributed by atoms with Crippen LogP contribution in [0, 0.1) is 5.82 Å². The number of carbonyl (C=O) groups excluding carboxylic acids is 1. The van der Waals surface area contributed by atoms with Crippen molar-refractivity contribution in [3.8, 4) is 0 Å². The van der Waals surface area contributed by atoms with E-state index in [0.717, 1.165) is 40.6 Å². The molecule has 36 heavy (non-hydrogen) atoms. The maximum absolute atomic E-state index is 13.8. The van der Waals surface area contributed by atoms with Crippen LogP contribution in [0.15, 0.2) is 73.1 Å². The molecular formula is C29H29FN4O2. The molecule has 0 amide bonds. The number of nitrogens with one attached hydrogen (secondary N) is 2. The summed E-state index contributed by atoms with van der Waals surface area (Å²) in [6, 6.07) is 18.7. The summed E-state index contributed by atoms with van der Waals surface area (Å²) in [7, 11) is 1.46. The molecule has 6 nitrogen and oxygen atoms in total. The fourth-order valence-electron chi connectivity index (χ4n) is 6.09. The number of ether oxygens (including phenoxy) is 1. The first kappa shape index (κ1) is 22.9. The third-order valence-corrected chi connectivity index (χ3v) is 7.72. The maximum atomic E-state index is 13.8. The topological polar surface area (TPSA) is 70.2 Å². The number of halogens is 1. The number of methoxy groups -OCH3 is 1. The molecule has 2 aliphatic rings. The van der Waals surface area contributed by atoms with Gasteiger partial charge in [0.15, 0.2) is 0 Å². The largest absolute Gasteiger partial charge is 0.468 e. The molecule has 2 aromatic carbocycles. The molecule has 4 aromatic rings. The van der Waals surface area contributed by atoms with Crippen LogP contribution in [-0.2, 0) is 22.5 Å². The molecule has 0 bridgehead atoms. The summed E-state index contributed by atoms with van der Waals surface area (Å²) in [6.07, 6.45) is 5.87. The van der Waals surface area contributed by atoms with E-state index in [4.69, 9.17) is 4.74 Å². The normalized spacial score (nSPS) is 23.7. The number of H-pyrrole nitrogens is 1. The van der Waals surface area contributed by atoms with Crippen molar-refractivity contribution in [2.75, 3.05) is 7.11 Å². The van der Waals surface area contributed by atoms with E-state index in [2.05, 4.69) is 38.4 Å². The van der Waals surface area contributed by atoms with Gasteiger partial charge in [0, 0.05) is 54.0 Å². The summed E-state index contributed by atoms with van der Waals surface area (Å²) >= 11 is 0. The number of esters is 1. The first-order chi connectivity index (χ1) is 17.6. The number of piperidine rings is 1. The van der Waals surface area contributed by atoms with Gasteiger partial charge in [-0.15, -0.1) is 0 Å². The Hall–Kier alpha value is -3.55. The first-order valence-electron chi connectivity index (χ1n) is 12.4. The lowest BCUT2D eigenvalue weighted by molar-refractivity contribution is -0.152. The van der Waals surface area contributed by atoms with Crippen molar-refractivity contribution in [3.63, 3.8) is 0 Å². The van der Waals surface area contributed by atoms with Gasteiger partial charge in [-0.25, -0.2) is 4.39 Å². The van der Waals surface area contributed by atoms with Crippen LogP contribution in [0.25, 0.3) is 10.9 Å². The van der Waals surface area contributed by atoms with Crippen LogP contribution in [0.5, 0.6) is 0 Å². The standard InChI is InChI=1S/C29H29FN4O2/c1-36-29(35)27-15-23-22-6-2-3-7-24(22)33-28(23)26-14-21(32-17-18-5-4-12-31-16-18)13-25(34(26)27)19-8-10-20(30)11-9-19/h2-12,16,21,25-27,32-33H,13-15,17H2,1H3/t21-,25+,26-,27+/m1/s1. The van der Waals surface area contributed by atoms with Crippen LogP contribution in [0.2, 0.25) is 0 Å². The Morgan fingerprint density at radius 3 is 2.69 bits per heavy atom. The number of rotatable bonds is 5. The zero-order valence-electron chi connectivity index (χ0n) is 20.2. The van der Waals surface area contributed by atoms with E-state index >= 15 is 0 Å². The highest BCUT2D eigenvalue weighted by Gasteiger charge is 2.48. The third-order valence-electron chi connectivity index (χ3n) is 7.72. The fraction of sp³-hybridized carbons (Fsp3) is 0.310. The van der Waals surface area contributed by atoms with E-state index in [9.17, 15) is 9.18 Å². The molecule has 0 saturated carbocycles. The summed E-state index contributed by atoms with van der Waals surface area (Å²) < 4.78 is 19.1. The van der Waals surface area contributed by atoms with E-state index in [1.165, 1.54) is 24.8 Å². The molecule has 4 atom stereocenters. The summed E-state index contributed by atoms with van der Waals surface area (Å²) in [5.41, 5.74) is 5.56. The van der Waals surface area contributed by atoms with Crippen molar-refractivity contribution in [2.24, 2.45) is 0 Å². The van der Waals surface area contributed by atoms with Crippen molar-refractivity contribution < 1.29 is 13.9 Å². The molecule has 7 heteroatoms. The predicted octanol–water partition coefficient (Wildman–Crippen LogP) is 4.84. The van der Waals surface area contributed by atoms with Gasteiger partial charge < -0.3 is 15.0 Å². The van der Waals surface area contributed by atoms with E-state index in [-0.39, 0.29) is 29.9 Å². The molecular weight excluding hydrogens is 455 g/mol. The molecule has 0 unspecified atom stereocenters. The molecule has 1 fully saturated rings. The van der Waals surface area contributed by atoms with E-state index in [1.807, 2.05) is 36.5 Å². The number of carbonyl (C=O) groups is 1. The quantitative estimate of drug-likeness (QED) is 0.397. The lowest BCUT2D eigenvalue weighted by atomic mass is 9.79. The van der Waals surface area contributed by atoms with E-state index < -0.39 is 6.04 Å². The summed E-state index contributed by atoms with van der Waals surface area (Å²) in [5, 5.41) is 4.89. The number of aromatic nitrogens is 2. The van der Waals surface area contributed by atoms with Crippen LogP contribution >= 0.6 is 0 Å². The molecule has 2 aliphatic heterocycles. The second-order valence-corrected chi connectivity index (χ2v) is 9.75. The van der Waals surface area contributed by atoms with Gasteiger partial charge >= 0.3 is 5.97 Å². The van der Waals surface area contributed by atoms with Crippen molar-refractivity contribution >= 4 is 16.9 Å². The molecule has 2 N–H and O–H groups in total. The van der Waals surface area contributed by atoms with Gasteiger partial charge in [-0.3, -0.25) is 14.7 Å². The molecule has 184 valence electrons. The van der Waals surface area contributed by atoms with Crippen molar-refractivity contribution in [2.45, 2.75) is 50.0 Å². The van der Waals surface area contributed by atoms with Gasteiger partial charge in [0.25, 0.3) is 0 Å². The van der Waals surface area contributed by atoms with Gasteiger partial charge in [0.1, 0.15) is 11.9 Å². The smallest absolute Gasteiger partial charge is 0.323 e. The van der Waals surface area contributed by atoms with E-state index in [0.29, 0.717) is 13.0 Å². The highest BCUT2D eigenvalue weighted by Crippen LogP contribution is 2.48. The Balaban J connectivity index is 1.43. The highest BCUT2D eigenvalue weighted by atomic mass is 19.1. The van der Waals surface area contributed by atoms with Gasteiger partial charge in [-0.2, -0.15) is 0 Å². The Labute approximate surface area is 209 Å². The number of pyridine rings is 1. The van der Waals surface area contributed by atoms with Crippen LogP contribution in [0.4, 0.5) is 4.39 Å². The average molecular weight is 485 g/mol. The van der Waals surface area contributed by atoms with Gasteiger partial charge in [-0.05, 0) is 53.8 Å². The van der Waals surface area contributed by atoms with Crippen molar-refractivity contribution in [3.05, 3.63) is 101 Å². The summed E-state index contributed by atoms with van der Waals surface area (Å²) in [4.78, 5) is 23.4. The number of nitrogens with zero attached hydrogens (tertiary/aromatic N) is 2. The van der Waals surface area contributed by atoms with E-state index in [1.54, 1.807) is 6.20 Å². The molecule has 6 rings (SSSR count). The minimum Gasteiger partial charge on any atom is -0.468 e. The Bertz CT molecular complexity index is 1370. The molecule has 0 radical (unpaired) electrons. The zero-order chi connectivity index (χ0) is 24.6. The minimum absolute atomic E-state index is 0.0135. The Kier molecular flexibility index (Phi) is 6.03. The van der Waals surface area contributed by atoms with Crippen LogP contribution in [0.1, 0.15) is 47.3 Å². The number of hydrogen-bond donors (Lipinski definition) is 2. The lowest BCUT2D eigenvalue weighted by Gasteiger charge is -2.50. The number of aromatic amines is 1. The molecule has 1 saturated heterocycles. The molecule has 0 spiro atoms. The zero-order valence-corrected chi connectivity index (χ0v) is 20.2. The number of hydrogen-bond acceptors (Lipinski definition) is 5. The second kappa shape index (κ2) is 9.48. The molecule has 2 aromatic heterocycles. The first-order valence-corrected chi connectivity index (χ1v) is 12.4. The van der Waals surface area contributed by atoms with Gasteiger partial charge in [0.2, 0.25) is 0 Å². The summed E-state index contributed by atoms with van der Waals surface area (Å²) in [6.45, 7) is 0.710. The van der Waals surface area contributed by atoms with Crippen LogP contribution < -0.4 is 5.32 Å². The van der Waals surface area contributed by atoms with Crippen molar-refractivity contribution in [1.82, 2.24) is 20.2 Å². The third kappa shape index (κ3) is 4.08. The average Bonchev–Trinajstić information content (AvgIpc) is 3.30. The van der Waals surface area contributed by atoms with Gasteiger partial charge in [-0.1, -0.05) is 36.4 Å². The Morgan fingerprint density at radius 2 is 1.92 bits per heavy atom. The number of benzene rings is 2.